The van der Waals surface area contributed by atoms with Crippen LogP contribution in [0.2, 0.25) is 0 Å². The van der Waals surface area contributed by atoms with Gasteiger partial charge in [-0.15, -0.1) is 0 Å². The van der Waals surface area contributed by atoms with E-state index in [1.54, 1.807) is 0 Å². The number of nitrogens with zero attached hydrogens (tertiary/aromatic N) is 1. The number of rotatable bonds is 4. The SMILES string of the molecule is C\C=C(/C=C\C(=C/C)C1(C#N)CCC1)C(C)N. The van der Waals surface area contributed by atoms with Crippen LogP contribution in [-0.2, 0) is 0 Å². The molecule has 1 atom stereocenters. The molecule has 2 N–H and O–H groups in total. The second kappa shape index (κ2) is 5.84. The first-order valence-electron chi connectivity index (χ1n) is 6.27. The Labute approximate surface area is 105 Å². The highest BCUT2D eigenvalue weighted by Crippen LogP contribution is 2.46. The van der Waals surface area contributed by atoms with Crippen LogP contribution < -0.4 is 5.73 Å². The summed E-state index contributed by atoms with van der Waals surface area (Å²) in [7, 11) is 0. The van der Waals surface area contributed by atoms with Crippen molar-refractivity contribution < 1.29 is 0 Å². The number of hydrogen-bond acceptors (Lipinski definition) is 2. The van der Waals surface area contributed by atoms with Crippen LogP contribution in [0.4, 0.5) is 0 Å². The van der Waals surface area contributed by atoms with Crippen molar-refractivity contribution in [1.29, 1.82) is 5.26 Å². The molecule has 0 radical (unpaired) electrons. The maximum absolute atomic E-state index is 9.31. The minimum absolute atomic E-state index is 0.0359. The number of nitrogens with two attached hydrogens (primary N) is 1. The molecule has 1 saturated carbocycles. The molecule has 1 rings (SSSR count). The fraction of sp³-hybridized carbons (Fsp3) is 0.533. The minimum Gasteiger partial charge on any atom is -0.324 e. The molecule has 0 aromatic rings. The van der Waals surface area contributed by atoms with Crippen molar-refractivity contribution in [2.45, 2.75) is 46.1 Å². The van der Waals surface area contributed by atoms with Crippen molar-refractivity contribution in [3.63, 3.8) is 0 Å². The minimum atomic E-state index is -0.234. The zero-order valence-corrected chi connectivity index (χ0v) is 11.0. The van der Waals surface area contributed by atoms with Gasteiger partial charge in [-0.2, -0.15) is 5.26 Å². The molecule has 1 aliphatic rings. The summed E-state index contributed by atoms with van der Waals surface area (Å²) in [4.78, 5) is 0. The third-order valence-electron chi connectivity index (χ3n) is 3.60. The smallest absolute Gasteiger partial charge is 0.0819 e. The average Bonchev–Trinajstić information content (AvgIpc) is 2.26. The third kappa shape index (κ3) is 2.87. The highest BCUT2D eigenvalue weighted by atomic mass is 14.6. The first kappa shape index (κ1) is 13.7. The lowest BCUT2D eigenvalue weighted by molar-refractivity contribution is 0.274. The largest absolute Gasteiger partial charge is 0.324 e. The molecule has 0 spiro atoms. The highest BCUT2D eigenvalue weighted by Gasteiger charge is 2.39. The molecule has 17 heavy (non-hydrogen) atoms. The molecular formula is C15H22N2. The molecule has 0 bridgehead atoms. The van der Waals surface area contributed by atoms with Crippen molar-refractivity contribution in [2.24, 2.45) is 11.1 Å². The van der Waals surface area contributed by atoms with E-state index >= 15 is 0 Å². The van der Waals surface area contributed by atoms with E-state index in [0.29, 0.717) is 0 Å². The number of allylic oxidation sites excluding steroid dienone is 4. The quantitative estimate of drug-likeness (QED) is 0.752. The molecule has 1 aliphatic carbocycles. The van der Waals surface area contributed by atoms with Crippen molar-refractivity contribution in [2.75, 3.05) is 0 Å². The van der Waals surface area contributed by atoms with Crippen molar-refractivity contribution in [1.82, 2.24) is 0 Å². The summed E-state index contributed by atoms with van der Waals surface area (Å²) < 4.78 is 0. The summed E-state index contributed by atoms with van der Waals surface area (Å²) in [6.07, 6.45) is 11.3. The normalized spacial score (nSPS) is 22.1. The van der Waals surface area contributed by atoms with Crippen LogP contribution >= 0.6 is 0 Å². The molecule has 0 aliphatic heterocycles. The fourth-order valence-electron chi connectivity index (χ4n) is 2.22. The Bertz CT molecular complexity index is 388. The Morgan fingerprint density at radius 1 is 1.29 bits per heavy atom. The summed E-state index contributed by atoms with van der Waals surface area (Å²) in [5, 5.41) is 9.31. The molecule has 0 saturated heterocycles. The number of hydrogen-bond donors (Lipinski definition) is 1. The Morgan fingerprint density at radius 2 is 1.94 bits per heavy atom. The van der Waals surface area contributed by atoms with Gasteiger partial charge in [-0.3, -0.25) is 0 Å². The predicted octanol–water partition coefficient (Wildman–Crippen LogP) is 3.48. The summed E-state index contributed by atoms with van der Waals surface area (Å²) in [5.74, 6) is 0. The van der Waals surface area contributed by atoms with Crippen LogP contribution in [-0.4, -0.2) is 6.04 Å². The van der Waals surface area contributed by atoms with Crippen molar-refractivity contribution in [3.05, 3.63) is 35.5 Å². The fourth-order valence-corrected chi connectivity index (χ4v) is 2.22. The van der Waals surface area contributed by atoms with Crippen LogP contribution in [0.25, 0.3) is 0 Å². The van der Waals surface area contributed by atoms with Gasteiger partial charge in [0.25, 0.3) is 0 Å². The highest BCUT2D eigenvalue weighted by molar-refractivity contribution is 5.38. The van der Waals surface area contributed by atoms with E-state index in [0.717, 1.165) is 30.4 Å². The molecule has 1 unspecified atom stereocenters. The first-order valence-corrected chi connectivity index (χ1v) is 6.27. The van der Waals surface area contributed by atoms with Gasteiger partial charge in [0.15, 0.2) is 0 Å². The lowest BCUT2D eigenvalue weighted by Gasteiger charge is -2.36. The Hall–Kier alpha value is -1.33. The maximum Gasteiger partial charge on any atom is 0.0819 e. The third-order valence-corrected chi connectivity index (χ3v) is 3.60. The van der Waals surface area contributed by atoms with Gasteiger partial charge in [0.05, 0.1) is 11.5 Å². The van der Waals surface area contributed by atoms with Crippen molar-refractivity contribution in [3.8, 4) is 6.07 Å². The standard InChI is InChI=1S/C15H22N2/c1-4-13(12(3)17)7-8-14(5-2)15(11-16)9-6-10-15/h4-5,7-8,12H,6,9-10,17H2,1-3H3/b8-7-,13-4+,14-5+. The average molecular weight is 230 g/mol. The molecule has 1 fully saturated rings. The Morgan fingerprint density at radius 3 is 2.24 bits per heavy atom. The van der Waals surface area contributed by atoms with Gasteiger partial charge in [-0.05, 0) is 51.2 Å². The summed E-state index contributed by atoms with van der Waals surface area (Å²) >= 11 is 0. The number of nitriles is 1. The Balaban J connectivity index is 2.86. The van der Waals surface area contributed by atoms with E-state index in [9.17, 15) is 5.26 Å². The summed E-state index contributed by atoms with van der Waals surface area (Å²) in [6, 6.07) is 2.50. The van der Waals surface area contributed by atoms with Crippen molar-refractivity contribution >= 4 is 0 Å². The molecule has 0 aromatic heterocycles. The van der Waals surface area contributed by atoms with Crippen LogP contribution in [0.5, 0.6) is 0 Å². The second-order valence-electron chi connectivity index (χ2n) is 4.70. The first-order chi connectivity index (χ1) is 8.09. The molecular weight excluding hydrogens is 208 g/mol. The molecule has 0 heterocycles. The molecule has 92 valence electrons. The molecule has 0 amide bonds. The lowest BCUT2D eigenvalue weighted by atomic mass is 9.65. The van der Waals surface area contributed by atoms with E-state index in [4.69, 9.17) is 5.73 Å². The molecule has 0 aromatic carbocycles. The van der Waals surface area contributed by atoms with Crippen LogP contribution in [0.3, 0.4) is 0 Å². The van der Waals surface area contributed by atoms with Gasteiger partial charge >= 0.3 is 0 Å². The molecule has 2 heteroatoms. The van der Waals surface area contributed by atoms with Gasteiger partial charge < -0.3 is 5.73 Å². The van der Waals surface area contributed by atoms with E-state index < -0.39 is 0 Å². The zero-order valence-electron chi connectivity index (χ0n) is 11.0. The lowest BCUT2D eigenvalue weighted by Crippen LogP contribution is -2.29. The second-order valence-corrected chi connectivity index (χ2v) is 4.70. The van der Waals surface area contributed by atoms with E-state index in [2.05, 4.69) is 12.1 Å². The monoisotopic (exact) mass is 230 g/mol. The van der Waals surface area contributed by atoms with E-state index in [-0.39, 0.29) is 11.5 Å². The summed E-state index contributed by atoms with van der Waals surface area (Å²) in [5.41, 5.74) is 7.86. The Kier molecular flexibility index (Phi) is 4.72. The van der Waals surface area contributed by atoms with Gasteiger partial charge in [-0.25, -0.2) is 0 Å². The van der Waals surface area contributed by atoms with Gasteiger partial charge in [-0.1, -0.05) is 24.3 Å². The zero-order chi connectivity index (χ0) is 12.9. The van der Waals surface area contributed by atoms with Gasteiger partial charge in [0.2, 0.25) is 0 Å². The van der Waals surface area contributed by atoms with Crippen LogP contribution in [0, 0.1) is 16.7 Å². The van der Waals surface area contributed by atoms with Gasteiger partial charge in [0.1, 0.15) is 0 Å². The van der Waals surface area contributed by atoms with E-state index in [1.807, 2.05) is 39.0 Å². The van der Waals surface area contributed by atoms with Crippen LogP contribution in [0.1, 0.15) is 40.0 Å². The van der Waals surface area contributed by atoms with E-state index in [1.165, 1.54) is 0 Å². The van der Waals surface area contributed by atoms with Gasteiger partial charge in [0, 0.05) is 6.04 Å². The maximum atomic E-state index is 9.31. The topological polar surface area (TPSA) is 49.8 Å². The predicted molar refractivity (Wildman–Crippen MR) is 72.2 cm³/mol. The molecule has 2 nitrogen and oxygen atoms in total. The summed E-state index contributed by atoms with van der Waals surface area (Å²) in [6.45, 7) is 5.96. The van der Waals surface area contributed by atoms with Crippen LogP contribution in [0.15, 0.2) is 35.5 Å².